The number of halogens is 1. The molecule has 0 aromatic heterocycles. The lowest BCUT2D eigenvalue weighted by molar-refractivity contribution is 0.180. The fraction of sp³-hybridized carbons (Fsp3) is 0.462. The van der Waals surface area contributed by atoms with Gasteiger partial charge in [-0.2, -0.15) is 5.26 Å². The molecule has 1 aliphatic rings. The Labute approximate surface area is 101 Å². The van der Waals surface area contributed by atoms with E-state index in [2.05, 4.69) is 18.3 Å². The third-order valence-electron chi connectivity index (χ3n) is 3.37. The first kappa shape index (κ1) is 11.3. The van der Waals surface area contributed by atoms with Crippen LogP contribution in [0.15, 0.2) is 18.2 Å². The zero-order chi connectivity index (χ0) is 11.6. The Bertz CT molecular complexity index is 430. The number of rotatable bonds is 3. The number of nitrogens with one attached hydrogen (secondary N) is 1. The molecule has 0 amide bonds. The molecule has 1 saturated carbocycles. The van der Waals surface area contributed by atoms with Crippen LogP contribution in [-0.4, -0.2) is 6.54 Å². The van der Waals surface area contributed by atoms with Crippen molar-refractivity contribution in [1.29, 1.82) is 5.26 Å². The number of anilines is 1. The van der Waals surface area contributed by atoms with Gasteiger partial charge in [-0.1, -0.05) is 24.9 Å². The lowest BCUT2D eigenvalue weighted by Crippen LogP contribution is -2.33. The summed E-state index contributed by atoms with van der Waals surface area (Å²) in [6.07, 6.45) is 3.85. The van der Waals surface area contributed by atoms with Gasteiger partial charge in [0.15, 0.2) is 0 Å². The van der Waals surface area contributed by atoms with Crippen LogP contribution in [0.2, 0.25) is 5.02 Å². The van der Waals surface area contributed by atoms with E-state index < -0.39 is 0 Å². The molecule has 2 rings (SSSR count). The van der Waals surface area contributed by atoms with Crippen molar-refractivity contribution in [2.45, 2.75) is 26.2 Å². The summed E-state index contributed by atoms with van der Waals surface area (Å²) < 4.78 is 0. The van der Waals surface area contributed by atoms with Crippen LogP contribution in [0.1, 0.15) is 31.7 Å². The van der Waals surface area contributed by atoms with E-state index >= 15 is 0 Å². The van der Waals surface area contributed by atoms with Crippen LogP contribution in [0.4, 0.5) is 5.69 Å². The van der Waals surface area contributed by atoms with Crippen LogP contribution in [-0.2, 0) is 0 Å². The second-order valence-corrected chi connectivity index (χ2v) is 5.26. The minimum Gasteiger partial charge on any atom is -0.383 e. The largest absolute Gasteiger partial charge is 0.383 e. The Hall–Kier alpha value is -1.20. The van der Waals surface area contributed by atoms with Crippen LogP contribution in [0, 0.1) is 16.7 Å². The summed E-state index contributed by atoms with van der Waals surface area (Å²) in [5, 5.41) is 13.0. The van der Waals surface area contributed by atoms with Crippen LogP contribution in [0.25, 0.3) is 0 Å². The summed E-state index contributed by atoms with van der Waals surface area (Å²) in [6.45, 7) is 3.20. The second kappa shape index (κ2) is 4.35. The fourth-order valence-electron chi connectivity index (χ4n) is 2.03. The molecule has 0 spiro atoms. The molecule has 0 heterocycles. The lowest BCUT2D eigenvalue weighted by atomic mass is 9.70. The van der Waals surface area contributed by atoms with E-state index in [-0.39, 0.29) is 0 Å². The van der Waals surface area contributed by atoms with E-state index in [1.54, 1.807) is 12.1 Å². The normalized spacial score (nSPS) is 17.3. The molecule has 0 aliphatic heterocycles. The summed E-state index contributed by atoms with van der Waals surface area (Å²) in [6, 6.07) is 7.50. The van der Waals surface area contributed by atoms with E-state index in [1.165, 1.54) is 19.3 Å². The van der Waals surface area contributed by atoms with Gasteiger partial charge in [-0.05, 0) is 36.5 Å². The van der Waals surface area contributed by atoms with Crippen molar-refractivity contribution in [3.8, 4) is 6.07 Å². The van der Waals surface area contributed by atoms with E-state index in [4.69, 9.17) is 16.9 Å². The molecule has 1 aromatic rings. The Morgan fingerprint density at radius 2 is 2.25 bits per heavy atom. The molecule has 1 N–H and O–H groups in total. The standard InChI is InChI=1S/C13H15ClN2/c1-13(5-2-6-13)9-16-12-7-11(14)4-3-10(12)8-15/h3-4,7,16H,2,5-6,9H2,1H3. The summed E-state index contributed by atoms with van der Waals surface area (Å²) in [7, 11) is 0. The monoisotopic (exact) mass is 234 g/mol. The van der Waals surface area contributed by atoms with Crippen LogP contribution in [0.5, 0.6) is 0 Å². The van der Waals surface area contributed by atoms with Crippen LogP contribution >= 0.6 is 11.6 Å². The Morgan fingerprint density at radius 1 is 1.50 bits per heavy atom. The number of benzene rings is 1. The van der Waals surface area contributed by atoms with Crippen LogP contribution < -0.4 is 5.32 Å². The Kier molecular flexibility index (Phi) is 3.07. The van der Waals surface area contributed by atoms with Gasteiger partial charge in [0.05, 0.1) is 11.3 Å². The minimum absolute atomic E-state index is 0.398. The van der Waals surface area contributed by atoms with Crippen LogP contribution in [0.3, 0.4) is 0 Å². The van der Waals surface area contributed by atoms with Gasteiger partial charge in [0.2, 0.25) is 0 Å². The highest BCUT2D eigenvalue weighted by molar-refractivity contribution is 6.30. The molecule has 16 heavy (non-hydrogen) atoms. The number of hydrogen-bond acceptors (Lipinski definition) is 2. The first-order valence-corrected chi connectivity index (χ1v) is 5.94. The maximum Gasteiger partial charge on any atom is 0.101 e. The number of nitriles is 1. The number of hydrogen-bond donors (Lipinski definition) is 1. The van der Waals surface area contributed by atoms with Gasteiger partial charge < -0.3 is 5.32 Å². The average Bonchev–Trinajstić information content (AvgIpc) is 2.24. The molecule has 0 atom stereocenters. The third-order valence-corrected chi connectivity index (χ3v) is 3.60. The molecule has 3 heteroatoms. The maximum atomic E-state index is 8.98. The summed E-state index contributed by atoms with van der Waals surface area (Å²) in [5.41, 5.74) is 1.91. The summed E-state index contributed by atoms with van der Waals surface area (Å²) >= 11 is 5.92. The topological polar surface area (TPSA) is 35.8 Å². The van der Waals surface area contributed by atoms with Crippen molar-refractivity contribution >= 4 is 17.3 Å². The van der Waals surface area contributed by atoms with Gasteiger partial charge >= 0.3 is 0 Å². The minimum atomic E-state index is 0.398. The quantitative estimate of drug-likeness (QED) is 0.863. The zero-order valence-corrected chi connectivity index (χ0v) is 10.1. The van der Waals surface area contributed by atoms with Crippen molar-refractivity contribution in [2.75, 3.05) is 11.9 Å². The molecule has 0 saturated heterocycles. The van der Waals surface area contributed by atoms with Gasteiger partial charge in [-0.3, -0.25) is 0 Å². The predicted octanol–water partition coefficient (Wildman–Crippen LogP) is 3.81. The van der Waals surface area contributed by atoms with E-state index in [0.29, 0.717) is 16.0 Å². The molecule has 84 valence electrons. The van der Waals surface area contributed by atoms with Crippen molar-refractivity contribution in [3.05, 3.63) is 28.8 Å². The highest BCUT2D eigenvalue weighted by atomic mass is 35.5. The van der Waals surface area contributed by atoms with Crippen molar-refractivity contribution in [1.82, 2.24) is 0 Å². The smallest absolute Gasteiger partial charge is 0.101 e. The SMILES string of the molecule is CC1(CNc2cc(Cl)ccc2C#N)CCC1. The molecule has 0 radical (unpaired) electrons. The van der Waals surface area contributed by atoms with Crippen molar-refractivity contribution in [2.24, 2.45) is 5.41 Å². The maximum absolute atomic E-state index is 8.98. The lowest BCUT2D eigenvalue weighted by Gasteiger charge is -2.38. The molecule has 0 unspecified atom stereocenters. The van der Waals surface area contributed by atoms with Crippen molar-refractivity contribution in [3.63, 3.8) is 0 Å². The molecule has 1 fully saturated rings. The molecule has 1 aromatic carbocycles. The van der Waals surface area contributed by atoms with Gasteiger partial charge in [0.1, 0.15) is 6.07 Å². The van der Waals surface area contributed by atoms with Crippen molar-refractivity contribution < 1.29 is 0 Å². The molecule has 2 nitrogen and oxygen atoms in total. The average molecular weight is 235 g/mol. The fourth-order valence-corrected chi connectivity index (χ4v) is 2.20. The van der Waals surface area contributed by atoms with E-state index in [1.807, 2.05) is 6.07 Å². The second-order valence-electron chi connectivity index (χ2n) is 4.82. The molecular weight excluding hydrogens is 220 g/mol. The summed E-state index contributed by atoms with van der Waals surface area (Å²) in [5.74, 6) is 0. The molecular formula is C13H15ClN2. The first-order valence-electron chi connectivity index (χ1n) is 5.56. The first-order chi connectivity index (χ1) is 7.63. The summed E-state index contributed by atoms with van der Waals surface area (Å²) in [4.78, 5) is 0. The van der Waals surface area contributed by atoms with Gasteiger partial charge in [0.25, 0.3) is 0 Å². The van der Waals surface area contributed by atoms with Gasteiger partial charge in [-0.25, -0.2) is 0 Å². The number of nitrogens with zero attached hydrogens (tertiary/aromatic N) is 1. The molecule has 0 bridgehead atoms. The highest BCUT2D eigenvalue weighted by Crippen LogP contribution is 2.40. The van der Waals surface area contributed by atoms with E-state index in [0.717, 1.165) is 12.2 Å². The van der Waals surface area contributed by atoms with E-state index in [9.17, 15) is 0 Å². The van der Waals surface area contributed by atoms with Gasteiger partial charge in [-0.15, -0.1) is 0 Å². The molecule has 1 aliphatic carbocycles. The Balaban J connectivity index is 2.08. The zero-order valence-electron chi connectivity index (χ0n) is 9.39. The third kappa shape index (κ3) is 2.31. The highest BCUT2D eigenvalue weighted by Gasteiger charge is 2.31. The van der Waals surface area contributed by atoms with Gasteiger partial charge in [0, 0.05) is 11.6 Å². The Morgan fingerprint density at radius 3 is 2.81 bits per heavy atom. The predicted molar refractivity (Wildman–Crippen MR) is 66.6 cm³/mol.